The zero-order chi connectivity index (χ0) is 14.0. The first-order valence-electron chi connectivity index (χ1n) is 5.60. The summed E-state index contributed by atoms with van der Waals surface area (Å²) in [5, 5.41) is 15.8. The minimum absolute atomic E-state index is 0.0383. The van der Waals surface area contributed by atoms with Crippen LogP contribution in [0.3, 0.4) is 0 Å². The van der Waals surface area contributed by atoms with Gasteiger partial charge >= 0.3 is 5.97 Å². The highest BCUT2D eigenvalue weighted by Crippen LogP contribution is 2.27. The Morgan fingerprint density at radius 3 is 2.84 bits per heavy atom. The van der Waals surface area contributed by atoms with Gasteiger partial charge in [-0.15, -0.1) is 0 Å². The maximum Gasteiger partial charge on any atom is 0.338 e. The molecule has 2 rings (SSSR count). The van der Waals surface area contributed by atoms with E-state index in [2.05, 4.69) is 5.32 Å². The van der Waals surface area contributed by atoms with E-state index in [4.69, 9.17) is 10.8 Å². The van der Waals surface area contributed by atoms with Crippen LogP contribution in [0.25, 0.3) is 0 Å². The SMILES string of the molecule is CC(Nc1cc(F)c(C(=O)O)cc1N)c1ccsc1. The van der Waals surface area contributed by atoms with Gasteiger partial charge in [0.2, 0.25) is 0 Å². The predicted molar refractivity (Wildman–Crippen MR) is 74.1 cm³/mol. The first kappa shape index (κ1) is 13.4. The second-order valence-electron chi connectivity index (χ2n) is 4.15. The van der Waals surface area contributed by atoms with E-state index < -0.39 is 17.3 Å². The van der Waals surface area contributed by atoms with Gasteiger partial charge in [0.15, 0.2) is 0 Å². The minimum Gasteiger partial charge on any atom is -0.478 e. The van der Waals surface area contributed by atoms with E-state index in [0.717, 1.165) is 17.7 Å². The van der Waals surface area contributed by atoms with Crippen LogP contribution in [0.4, 0.5) is 15.8 Å². The van der Waals surface area contributed by atoms with Crippen molar-refractivity contribution in [2.24, 2.45) is 0 Å². The molecule has 6 heteroatoms. The number of carboxylic acid groups (broad SMARTS) is 1. The van der Waals surface area contributed by atoms with Gasteiger partial charge in [-0.05, 0) is 41.4 Å². The summed E-state index contributed by atoms with van der Waals surface area (Å²) in [6.45, 7) is 1.92. The van der Waals surface area contributed by atoms with Gasteiger partial charge in [0.1, 0.15) is 5.82 Å². The number of nitrogen functional groups attached to an aromatic ring is 1. The van der Waals surface area contributed by atoms with E-state index in [9.17, 15) is 9.18 Å². The molecule has 0 amide bonds. The van der Waals surface area contributed by atoms with Gasteiger partial charge in [0, 0.05) is 6.04 Å². The fourth-order valence-electron chi connectivity index (χ4n) is 1.72. The third-order valence-electron chi connectivity index (χ3n) is 2.78. The second-order valence-corrected chi connectivity index (χ2v) is 4.93. The van der Waals surface area contributed by atoms with Crippen molar-refractivity contribution in [2.75, 3.05) is 11.1 Å². The number of carbonyl (C=O) groups is 1. The minimum atomic E-state index is -1.33. The second kappa shape index (κ2) is 5.27. The Labute approximate surface area is 113 Å². The number of nitrogens with two attached hydrogens (primary N) is 1. The fraction of sp³-hybridized carbons (Fsp3) is 0.154. The van der Waals surface area contributed by atoms with Crippen molar-refractivity contribution in [3.05, 3.63) is 45.9 Å². The normalized spacial score (nSPS) is 12.1. The molecule has 4 N–H and O–H groups in total. The van der Waals surface area contributed by atoms with Gasteiger partial charge in [0.25, 0.3) is 0 Å². The molecule has 0 aliphatic heterocycles. The average Bonchev–Trinajstić information content (AvgIpc) is 2.86. The number of benzene rings is 1. The van der Waals surface area contributed by atoms with Gasteiger partial charge in [-0.3, -0.25) is 0 Å². The van der Waals surface area contributed by atoms with E-state index in [1.165, 1.54) is 0 Å². The monoisotopic (exact) mass is 280 g/mol. The molecule has 1 aromatic carbocycles. The number of hydrogen-bond acceptors (Lipinski definition) is 4. The van der Waals surface area contributed by atoms with Gasteiger partial charge in [-0.1, -0.05) is 0 Å². The summed E-state index contributed by atoms with van der Waals surface area (Å²) in [6, 6.07) is 4.16. The maximum atomic E-state index is 13.6. The Balaban J connectivity index is 2.26. The van der Waals surface area contributed by atoms with Crippen LogP contribution in [0, 0.1) is 5.82 Å². The Kier molecular flexibility index (Phi) is 3.71. The van der Waals surface area contributed by atoms with Gasteiger partial charge in [0.05, 0.1) is 16.9 Å². The predicted octanol–water partition coefficient (Wildman–Crippen LogP) is 3.34. The lowest BCUT2D eigenvalue weighted by Crippen LogP contribution is -2.10. The van der Waals surface area contributed by atoms with Crippen molar-refractivity contribution in [1.29, 1.82) is 0 Å². The lowest BCUT2D eigenvalue weighted by molar-refractivity contribution is 0.0692. The number of nitrogens with one attached hydrogen (secondary N) is 1. The highest BCUT2D eigenvalue weighted by atomic mass is 32.1. The molecule has 0 radical (unpaired) electrons. The quantitative estimate of drug-likeness (QED) is 0.751. The molecular weight excluding hydrogens is 267 g/mol. The van der Waals surface area contributed by atoms with Gasteiger partial charge < -0.3 is 16.2 Å². The Hall–Kier alpha value is -2.08. The fourth-order valence-corrected chi connectivity index (χ4v) is 2.47. The van der Waals surface area contributed by atoms with E-state index in [-0.39, 0.29) is 11.7 Å². The summed E-state index contributed by atoms with van der Waals surface area (Å²) in [6.07, 6.45) is 0. The van der Waals surface area contributed by atoms with Crippen LogP contribution >= 0.6 is 11.3 Å². The Morgan fingerprint density at radius 2 is 2.26 bits per heavy atom. The van der Waals surface area contributed by atoms with Crippen LogP contribution in [0.2, 0.25) is 0 Å². The summed E-state index contributed by atoms with van der Waals surface area (Å²) in [4.78, 5) is 10.8. The third kappa shape index (κ3) is 2.85. The van der Waals surface area contributed by atoms with Crippen LogP contribution in [-0.4, -0.2) is 11.1 Å². The van der Waals surface area contributed by atoms with E-state index >= 15 is 0 Å². The highest BCUT2D eigenvalue weighted by molar-refractivity contribution is 7.07. The summed E-state index contributed by atoms with van der Waals surface area (Å²) in [5.41, 5.74) is 6.98. The molecule has 1 aromatic heterocycles. The maximum absolute atomic E-state index is 13.6. The molecule has 0 saturated carbocycles. The van der Waals surface area contributed by atoms with E-state index in [1.807, 2.05) is 23.8 Å². The first-order valence-corrected chi connectivity index (χ1v) is 6.54. The standard InChI is InChI=1S/C13H13FN2O2S/c1-7(8-2-3-19-6-8)16-12-5-10(14)9(13(17)18)4-11(12)15/h2-7,16H,15H2,1H3,(H,17,18). The molecule has 2 aromatic rings. The molecule has 0 bridgehead atoms. The smallest absolute Gasteiger partial charge is 0.338 e. The number of halogens is 1. The van der Waals surface area contributed by atoms with Gasteiger partial charge in [-0.25, -0.2) is 9.18 Å². The molecule has 19 heavy (non-hydrogen) atoms. The molecule has 0 aliphatic rings. The number of anilines is 2. The lowest BCUT2D eigenvalue weighted by Gasteiger charge is -2.16. The summed E-state index contributed by atoms with van der Waals surface area (Å²) in [7, 11) is 0. The Morgan fingerprint density at radius 1 is 1.53 bits per heavy atom. The van der Waals surface area contributed by atoms with Crippen molar-refractivity contribution in [3.8, 4) is 0 Å². The molecule has 1 unspecified atom stereocenters. The van der Waals surface area contributed by atoms with Crippen molar-refractivity contribution in [2.45, 2.75) is 13.0 Å². The van der Waals surface area contributed by atoms with Crippen LogP contribution in [-0.2, 0) is 0 Å². The van der Waals surface area contributed by atoms with Crippen LogP contribution in [0.5, 0.6) is 0 Å². The topological polar surface area (TPSA) is 75.3 Å². The first-order chi connectivity index (χ1) is 8.99. The molecule has 4 nitrogen and oxygen atoms in total. The highest BCUT2D eigenvalue weighted by Gasteiger charge is 2.15. The third-order valence-corrected chi connectivity index (χ3v) is 3.49. The summed E-state index contributed by atoms with van der Waals surface area (Å²) in [5.74, 6) is -2.14. The Bertz CT molecular complexity index is 599. The van der Waals surface area contributed by atoms with Gasteiger partial charge in [-0.2, -0.15) is 11.3 Å². The average molecular weight is 280 g/mol. The largest absolute Gasteiger partial charge is 0.478 e. The molecular formula is C13H13FN2O2S. The number of aromatic carboxylic acids is 1. The summed E-state index contributed by atoms with van der Waals surface area (Å²) >= 11 is 1.57. The zero-order valence-electron chi connectivity index (χ0n) is 10.2. The number of rotatable bonds is 4. The van der Waals surface area contributed by atoms with E-state index in [0.29, 0.717) is 5.69 Å². The molecule has 1 atom stereocenters. The van der Waals surface area contributed by atoms with Crippen molar-refractivity contribution in [3.63, 3.8) is 0 Å². The van der Waals surface area contributed by atoms with Crippen molar-refractivity contribution in [1.82, 2.24) is 0 Å². The van der Waals surface area contributed by atoms with Crippen molar-refractivity contribution >= 4 is 28.7 Å². The van der Waals surface area contributed by atoms with Crippen LogP contribution < -0.4 is 11.1 Å². The lowest BCUT2D eigenvalue weighted by atomic mass is 10.1. The molecule has 0 aliphatic carbocycles. The summed E-state index contributed by atoms with van der Waals surface area (Å²) < 4.78 is 13.6. The van der Waals surface area contributed by atoms with E-state index in [1.54, 1.807) is 11.3 Å². The molecule has 0 fully saturated rings. The zero-order valence-corrected chi connectivity index (χ0v) is 11.0. The number of hydrogen-bond donors (Lipinski definition) is 3. The molecule has 0 spiro atoms. The number of carboxylic acids is 1. The molecule has 100 valence electrons. The van der Waals surface area contributed by atoms with Crippen molar-refractivity contribution < 1.29 is 14.3 Å². The van der Waals surface area contributed by atoms with Crippen LogP contribution in [0.15, 0.2) is 29.0 Å². The van der Waals surface area contributed by atoms with Crippen LogP contribution in [0.1, 0.15) is 28.9 Å². The number of thiophene rings is 1. The molecule has 1 heterocycles. The molecule has 0 saturated heterocycles.